The maximum atomic E-state index is 12.6. The van der Waals surface area contributed by atoms with E-state index in [-0.39, 0.29) is 16.9 Å². The molecule has 6 heteroatoms. The van der Waals surface area contributed by atoms with Gasteiger partial charge in [0.15, 0.2) is 5.76 Å². The second kappa shape index (κ2) is 6.37. The maximum Gasteiger partial charge on any atom is 0.337 e. The van der Waals surface area contributed by atoms with E-state index in [4.69, 9.17) is 20.8 Å². The predicted molar refractivity (Wildman–Crippen MR) is 90.8 cm³/mol. The first-order chi connectivity index (χ1) is 11.5. The van der Waals surface area contributed by atoms with Gasteiger partial charge in [-0.1, -0.05) is 23.7 Å². The normalized spacial score (nSPS) is 10.6. The third kappa shape index (κ3) is 2.74. The molecule has 1 heterocycles. The summed E-state index contributed by atoms with van der Waals surface area (Å²) < 4.78 is 15.7. The highest BCUT2D eigenvalue weighted by Crippen LogP contribution is 2.31. The van der Waals surface area contributed by atoms with E-state index in [1.165, 1.54) is 20.3 Å². The lowest BCUT2D eigenvalue weighted by Gasteiger charge is -2.09. The van der Waals surface area contributed by atoms with Crippen LogP contribution < -0.4 is 10.2 Å². The summed E-state index contributed by atoms with van der Waals surface area (Å²) >= 11 is 5.94. The fraction of sp³-hybridized carbons (Fsp3) is 0.111. The highest BCUT2D eigenvalue weighted by Gasteiger charge is 2.17. The molecule has 0 bridgehead atoms. The number of fused-ring (bicyclic) bond motifs is 1. The lowest BCUT2D eigenvalue weighted by Crippen LogP contribution is -2.07. The van der Waals surface area contributed by atoms with Crippen LogP contribution in [-0.2, 0) is 4.74 Å². The van der Waals surface area contributed by atoms with Gasteiger partial charge in [0, 0.05) is 10.6 Å². The average molecular weight is 345 g/mol. The molecule has 0 spiro atoms. The highest BCUT2D eigenvalue weighted by molar-refractivity contribution is 6.31. The number of carbonyl (C=O) groups excluding carboxylic acids is 1. The van der Waals surface area contributed by atoms with Gasteiger partial charge in [-0.2, -0.15) is 0 Å². The van der Waals surface area contributed by atoms with E-state index in [9.17, 15) is 9.59 Å². The first-order valence-electron chi connectivity index (χ1n) is 7.04. The summed E-state index contributed by atoms with van der Waals surface area (Å²) in [5, 5.41) is 0.779. The molecule has 0 fully saturated rings. The van der Waals surface area contributed by atoms with Gasteiger partial charge in [0.1, 0.15) is 5.58 Å². The molecule has 0 amide bonds. The Hall–Kier alpha value is -2.79. The van der Waals surface area contributed by atoms with Crippen LogP contribution in [0.1, 0.15) is 10.4 Å². The van der Waals surface area contributed by atoms with Crippen LogP contribution in [-0.4, -0.2) is 20.2 Å². The van der Waals surface area contributed by atoms with E-state index in [2.05, 4.69) is 4.74 Å². The molecule has 1 aromatic heterocycles. The quantitative estimate of drug-likeness (QED) is 0.674. The Morgan fingerprint density at radius 1 is 1.08 bits per heavy atom. The molecule has 0 unspecified atom stereocenters. The molecule has 0 saturated heterocycles. The van der Waals surface area contributed by atoms with Gasteiger partial charge >= 0.3 is 5.97 Å². The zero-order valence-electron chi connectivity index (χ0n) is 13.0. The second-order valence-corrected chi connectivity index (χ2v) is 5.44. The van der Waals surface area contributed by atoms with Crippen LogP contribution in [0.15, 0.2) is 51.7 Å². The van der Waals surface area contributed by atoms with Crippen molar-refractivity contribution in [2.45, 2.75) is 0 Å². The van der Waals surface area contributed by atoms with Gasteiger partial charge in [-0.3, -0.25) is 4.79 Å². The Balaban J connectivity index is 2.20. The van der Waals surface area contributed by atoms with E-state index in [1.54, 1.807) is 36.4 Å². The van der Waals surface area contributed by atoms with E-state index in [0.29, 0.717) is 27.1 Å². The number of esters is 1. The van der Waals surface area contributed by atoms with Gasteiger partial charge < -0.3 is 13.9 Å². The minimum absolute atomic E-state index is 0.0792. The van der Waals surface area contributed by atoms with E-state index in [0.717, 1.165) is 0 Å². The Bertz CT molecular complexity index is 973. The first-order valence-corrected chi connectivity index (χ1v) is 7.42. The van der Waals surface area contributed by atoms with Crippen molar-refractivity contribution in [3.8, 4) is 17.1 Å². The molecule has 0 atom stereocenters. The summed E-state index contributed by atoms with van der Waals surface area (Å²) in [6.07, 6.45) is 0. The third-order valence-electron chi connectivity index (χ3n) is 3.58. The Kier molecular flexibility index (Phi) is 4.27. The lowest BCUT2D eigenvalue weighted by atomic mass is 10.1. The number of carbonyl (C=O) groups is 1. The SMILES string of the molecule is COC(=O)c1ccc(-c2oc3ccc(Cl)cc3c(=O)c2OC)cc1. The highest BCUT2D eigenvalue weighted by atomic mass is 35.5. The van der Waals surface area contributed by atoms with Crippen molar-refractivity contribution in [1.82, 2.24) is 0 Å². The minimum atomic E-state index is -0.442. The summed E-state index contributed by atoms with van der Waals surface area (Å²) in [4.78, 5) is 24.1. The standard InChI is InChI=1S/C18H13ClO5/c1-22-17-15(20)13-9-12(19)7-8-14(13)24-16(17)10-3-5-11(6-4-10)18(21)23-2/h3-9H,1-2H3. The summed E-state index contributed by atoms with van der Waals surface area (Å²) in [6, 6.07) is 11.3. The molecule has 2 aromatic carbocycles. The van der Waals surface area contributed by atoms with Crippen molar-refractivity contribution in [3.05, 3.63) is 63.3 Å². The first kappa shape index (κ1) is 16.1. The molecule has 0 aliphatic heterocycles. The number of ether oxygens (including phenoxy) is 2. The van der Waals surface area contributed by atoms with Crippen molar-refractivity contribution in [3.63, 3.8) is 0 Å². The summed E-state index contributed by atoms with van der Waals surface area (Å²) in [7, 11) is 2.71. The van der Waals surface area contributed by atoms with E-state index in [1.807, 2.05) is 0 Å². The van der Waals surface area contributed by atoms with Gasteiger partial charge in [0.2, 0.25) is 11.2 Å². The molecule has 0 N–H and O–H groups in total. The zero-order valence-corrected chi connectivity index (χ0v) is 13.7. The van der Waals surface area contributed by atoms with Crippen molar-refractivity contribution in [2.24, 2.45) is 0 Å². The molecular formula is C18H13ClO5. The molecule has 0 radical (unpaired) electrons. The fourth-order valence-electron chi connectivity index (χ4n) is 2.40. The summed E-state index contributed by atoms with van der Waals surface area (Å²) in [6.45, 7) is 0. The summed E-state index contributed by atoms with van der Waals surface area (Å²) in [5.41, 5.74) is 1.09. The van der Waals surface area contributed by atoms with Crippen LogP contribution in [0, 0.1) is 0 Å². The van der Waals surface area contributed by atoms with Gasteiger partial charge in [0.25, 0.3) is 0 Å². The van der Waals surface area contributed by atoms with Crippen LogP contribution in [0.5, 0.6) is 5.75 Å². The van der Waals surface area contributed by atoms with Gasteiger partial charge in [-0.25, -0.2) is 4.79 Å². The monoisotopic (exact) mass is 344 g/mol. The zero-order chi connectivity index (χ0) is 17.3. The summed E-state index contributed by atoms with van der Waals surface area (Å²) in [5.74, 6) is -0.0764. The lowest BCUT2D eigenvalue weighted by molar-refractivity contribution is 0.0601. The third-order valence-corrected chi connectivity index (χ3v) is 3.82. The molecular weight excluding hydrogens is 332 g/mol. The number of hydrogen-bond donors (Lipinski definition) is 0. The fourth-order valence-corrected chi connectivity index (χ4v) is 2.57. The number of benzene rings is 2. The van der Waals surface area contributed by atoms with Crippen molar-refractivity contribution in [1.29, 1.82) is 0 Å². The van der Waals surface area contributed by atoms with Crippen molar-refractivity contribution in [2.75, 3.05) is 14.2 Å². The number of rotatable bonds is 3. The number of methoxy groups -OCH3 is 2. The van der Waals surface area contributed by atoms with Crippen LogP contribution >= 0.6 is 11.6 Å². The predicted octanol–water partition coefficient (Wildman–Crippen LogP) is 3.91. The minimum Gasteiger partial charge on any atom is -0.490 e. The second-order valence-electron chi connectivity index (χ2n) is 5.00. The van der Waals surface area contributed by atoms with E-state index >= 15 is 0 Å². The molecule has 3 aromatic rings. The Morgan fingerprint density at radius 2 is 1.79 bits per heavy atom. The molecule has 0 aliphatic carbocycles. The largest absolute Gasteiger partial charge is 0.490 e. The van der Waals surface area contributed by atoms with Gasteiger partial charge in [-0.15, -0.1) is 0 Å². The molecule has 3 rings (SSSR count). The topological polar surface area (TPSA) is 65.7 Å². The molecule has 24 heavy (non-hydrogen) atoms. The Morgan fingerprint density at radius 3 is 2.42 bits per heavy atom. The van der Waals surface area contributed by atoms with Gasteiger partial charge in [-0.05, 0) is 30.3 Å². The molecule has 0 saturated carbocycles. The average Bonchev–Trinajstić information content (AvgIpc) is 2.61. The molecule has 0 aliphatic rings. The number of halogens is 1. The molecule has 122 valence electrons. The van der Waals surface area contributed by atoms with Crippen LogP contribution in [0.25, 0.3) is 22.3 Å². The van der Waals surface area contributed by atoms with Crippen molar-refractivity contribution >= 4 is 28.5 Å². The smallest absolute Gasteiger partial charge is 0.337 e. The van der Waals surface area contributed by atoms with Crippen molar-refractivity contribution < 1.29 is 18.7 Å². The number of hydrogen-bond acceptors (Lipinski definition) is 5. The van der Waals surface area contributed by atoms with Crippen LogP contribution in [0.4, 0.5) is 0 Å². The van der Waals surface area contributed by atoms with E-state index < -0.39 is 5.97 Å². The van der Waals surface area contributed by atoms with Crippen LogP contribution in [0.3, 0.4) is 0 Å². The maximum absolute atomic E-state index is 12.6. The van der Waals surface area contributed by atoms with Gasteiger partial charge in [0.05, 0.1) is 25.2 Å². The van der Waals surface area contributed by atoms with Crippen LogP contribution in [0.2, 0.25) is 5.02 Å². The molecule has 5 nitrogen and oxygen atoms in total. The Labute approximate surface area is 142 Å².